The molecule has 0 radical (unpaired) electrons. The molecule has 0 N–H and O–H groups in total. The van der Waals surface area contributed by atoms with Crippen LogP contribution >= 0.6 is 23.1 Å². The normalized spacial score (nSPS) is 10.4. The fourth-order valence-electron chi connectivity index (χ4n) is 1.31. The highest BCUT2D eigenvalue weighted by Crippen LogP contribution is 2.34. The fraction of sp³-hybridized carbons (Fsp3) is 0.200. The van der Waals surface area contributed by atoms with Gasteiger partial charge in [0.25, 0.3) is 5.69 Å². The van der Waals surface area contributed by atoms with E-state index in [4.69, 9.17) is 0 Å². The van der Waals surface area contributed by atoms with Gasteiger partial charge in [0.1, 0.15) is 0 Å². The summed E-state index contributed by atoms with van der Waals surface area (Å²) in [5, 5.41) is 19.5. The van der Waals surface area contributed by atoms with Crippen LogP contribution in [0.3, 0.4) is 0 Å². The number of para-hydroxylation sites is 1. The number of hydrogen-bond donors (Lipinski definition) is 0. The molecule has 0 aliphatic heterocycles. The first-order valence-electron chi connectivity index (χ1n) is 4.92. The van der Waals surface area contributed by atoms with Gasteiger partial charge in [-0.25, -0.2) is 0 Å². The van der Waals surface area contributed by atoms with E-state index >= 15 is 0 Å². The lowest BCUT2D eigenvalue weighted by Gasteiger charge is -1.96. The first-order chi connectivity index (χ1) is 8.22. The van der Waals surface area contributed by atoms with Gasteiger partial charge in [0.05, 0.1) is 10.5 Å². The third-order valence-electron chi connectivity index (χ3n) is 2.01. The smallest absolute Gasteiger partial charge is 0.258 e. The molecule has 0 atom stereocenters. The lowest BCUT2D eigenvalue weighted by molar-refractivity contribution is -0.384. The molecule has 0 aliphatic rings. The summed E-state index contributed by atoms with van der Waals surface area (Å²) in [6, 6.07) is 6.57. The molecule has 7 heteroatoms. The minimum absolute atomic E-state index is 0.0664. The zero-order valence-corrected chi connectivity index (χ0v) is 10.6. The third kappa shape index (κ3) is 2.62. The Morgan fingerprint density at radius 3 is 2.88 bits per heavy atom. The third-order valence-corrected chi connectivity index (χ3v) is 3.98. The summed E-state index contributed by atoms with van der Waals surface area (Å²) < 4.78 is 0.834. The molecular weight excluding hydrogens is 258 g/mol. The zero-order chi connectivity index (χ0) is 12.3. The number of aromatic nitrogens is 2. The number of nitrogens with zero attached hydrogens (tertiary/aromatic N) is 3. The van der Waals surface area contributed by atoms with Crippen molar-refractivity contribution >= 4 is 28.8 Å². The van der Waals surface area contributed by atoms with Crippen molar-refractivity contribution in [2.24, 2.45) is 0 Å². The second-order valence-corrected chi connectivity index (χ2v) is 5.57. The molecule has 1 aromatic heterocycles. The van der Waals surface area contributed by atoms with Crippen molar-refractivity contribution in [3.63, 3.8) is 0 Å². The second-order valence-electron chi connectivity index (χ2n) is 3.08. The van der Waals surface area contributed by atoms with Crippen LogP contribution < -0.4 is 0 Å². The van der Waals surface area contributed by atoms with Gasteiger partial charge in [-0.05, 0) is 11.8 Å². The van der Waals surface area contributed by atoms with Crippen LogP contribution in [0.25, 0.3) is 10.6 Å². The lowest BCUT2D eigenvalue weighted by Crippen LogP contribution is -1.90. The van der Waals surface area contributed by atoms with E-state index in [-0.39, 0.29) is 5.69 Å². The van der Waals surface area contributed by atoms with E-state index in [0.717, 1.165) is 10.1 Å². The minimum Gasteiger partial charge on any atom is -0.258 e. The lowest BCUT2D eigenvalue weighted by atomic mass is 10.2. The molecular formula is C10H9N3O2S2. The summed E-state index contributed by atoms with van der Waals surface area (Å²) >= 11 is 2.96. The Morgan fingerprint density at radius 2 is 2.18 bits per heavy atom. The van der Waals surface area contributed by atoms with Crippen LogP contribution in [0.15, 0.2) is 28.6 Å². The zero-order valence-electron chi connectivity index (χ0n) is 8.99. The van der Waals surface area contributed by atoms with Gasteiger partial charge in [0.2, 0.25) is 0 Å². The van der Waals surface area contributed by atoms with Crippen molar-refractivity contribution in [1.82, 2.24) is 10.2 Å². The molecule has 17 heavy (non-hydrogen) atoms. The van der Waals surface area contributed by atoms with Gasteiger partial charge >= 0.3 is 0 Å². The van der Waals surface area contributed by atoms with Crippen LogP contribution in [0, 0.1) is 10.1 Å². The maximum absolute atomic E-state index is 10.9. The van der Waals surface area contributed by atoms with Crippen LogP contribution in [0.5, 0.6) is 0 Å². The van der Waals surface area contributed by atoms with Gasteiger partial charge in [0.15, 0.2) is 9.35 Å². The van der Waals surface area contributed by atoms with Crippen LogP contribution in [-0.2, 0) is 0 Å². The molecule has 0 unspecified atom stereocenters. The van der Waals surface area contributed by atoms with Crippen molar-refractivity contribution in [3.05, 3.63) is 34.4 Å². The number of nitro benzene ring substituents is 1. The summed E-state index contributed by atoms with van der Waals surface area (Å²) in [6.45, 7) is 2.02. The SMILES string of the molecule is CCSc1nnc(-c2ccccc2[N+](=O)[O-])s1. The Balaban J connectivity index is 2.41. The van der Waals surface area contributed by atoms with Crippen molar-refractivity contribution < 1.29 is 4.92 Å². The maximum atomic E-state index is 10.9. The van der Waals surface area contributed by atoms with Gasteiger partial charge in [-0.3, -0.25) is 10.1 Å². The van der Waals surface area contributed by atoms with Crippen molar-refractivity contribution in [3.8, 4) is 10.6 Å². The fourth-order valence-corrected chi connectivity index (χ4v) is 3.10. The molecule has 0 fully saturated rings. The molecule has 0 spiro atoms. The van der Waals surface area contributed by atoms with E-state index in [0.29, 0.717) is 10.6 Å². The topological polar surface area (TPSA) is 68.9 Å². The molecule has 0 amide bonds. The Morgan fingerprint density at radius 1 is 1.41 bits per heavy atom. The van der Waals surface area contributed by atoms with Crippen LogP contribution in [0.1, 0.15) is 6.92 Å². The average Bonchev–Trinajstić information content (AvgIpc) is 2.78. The second kappa shape index (κ2) is 5.24. The van der Waals surface area contributed by atoms with Gasteiger partial charge in [0, 0.05) is 6.07 Å². The number of thioether (sulfide) groups is 1. The summed E-state index contributed by atoms with van der Waals surface area (Å²) in [5.74, 6) is 0.908. The maximum Gasteiger partial charge on any atom is 0.279 e. The van der Waals surface area contributed by atoms with Crippen molar-refractivity contribution in [2.45, 2.75) is 11.3 Å². The Hall–Kier alpha value is -1.47. The molecule has 2 rings (SSSR count). The summed E-state index contributed by atoms with van der Waals surface area (Å²) in [6.07, 6.45) is 0. The molecule has 0 saturated carbocycles. The Bertz CT molecular complexity index is 542. The summed E-state index contributed by atoms with van der Waals surface area (Å²) in [7, 11) is 0. The van der Waals surface area contributed by atoms with Crippen molar-refractivity contribution in [2.75, 3.05) is 5.75 Å². The molecule has 1 heterocycles. The van der Waals surface area contributed by atoms with Crippen LogP contribution in [0.4, 0.5) is 5.69 Å². The molecule has 0 bridgehead atoms. The number of hydrogen-bond acceptors (Lipinski definition) is 6. The molecule has 0 aliphatic carbocycles. The quantitative estimate of drug-likeness (QED) is 0.483. The summed E-state index contributed by atoms with van der Waals surface area (Å²) in [5.41, 5.74) is 0.592. The largest absolute Gasteiger partial charge is 0.279 e. The molecule has 88 valence electrons. The van der Waals surface area contributed by atoms with Gasteiger partial charge in [-0.2, -0.15) is 0 Å². The van der Waals surface area contributed by atoms with Crippen LogP contribution in [-0.4, -0.2) is 20.9 Å². The molecule has 5 nitrogen and oxygen atoms in total. The molecule has 2 aromatic rings. The van der Waals surface area contributed by atoms with E-state index in [1.165, 1.54) is 17.4 Å². The van der Waals surface area contributed by atoms with Crippen molar-refractivity contribution in [1.29, 1.82) is 0 Å². The van der Waals surface area contributed by atoms with Crippen LogP contribution in [0.2, 0.25) is 0 Å². The first-order valence-corrected chi connectivity index (χ1v) is 6.72. The molecule has 0 saturated heterocycles. The van der Waals surface area contributed by atoms with Gasteiger partial charge in [-0.1, -0.05) is 42.2 Å². The minimum atomic E-state index is -0.399. The number of benzene rings is 1. The van der Waals surface area contributed by atoms with Gasteiger partial charge in [-0.15, -0.1) is 10.2 Å². The van der Waals surface area contributed by atoms with E-state index in [9.17, 15) is 10.1 Å². The Kier molecular flexibility index (Phi) is 3.70. The van der Waals surface area contributed by atoms with E-state index < -0.39 is 4.92 Å². The van der Waals surface area contributed by atoms with E-state index in [1.807, 2.05) is 6.92 Å². The van der Waals surface area contributed by atoms with E-state index in [2.05, 4.69) is 10.2 Å². The summed E-state index contributed by atoms with van der Waals surface area (Å²) in [4.78, 5) is 10.5. The number of rotatable bonds is 4. The van der Waals surface area contributed by atoms with Gasteiger partial charge < -0.3 is 0 Å². The highest BCUT2D eigenvalue weighted by atomic mass is 32.2. The predicted molar refractivity (Wildman–Crippen MR) is 68.4 cm³/mol. The average molecular weight is 267 g/mol. The standard InChI is InChI=1S/C10H9N3O2S2/c1-2-16-10-12-11-9(17-10)7-5-3-4-6-8(7)13(14)15/h3-6H,2H2,1H3. The highest BCUT2D eigenvalue weighted by molar-refractivity contribution is 8.01. The van der Waals surface area contributed by atoms with E-state index in [1.54, 1.807) is 30.0 Å². The Labute approximate surface area is 106 Å². The monoisotopic (exact) mass is 267 g/mol. The number of nitro groups is 1. The predicted octanol–water partition coefficient (Wildman–Crippen LogP) is 3.23. The highest BCUT2D eigenvalue weighted by Gasteiger charge is 2.17. The first kappa shape index (κ1) is 12.0. The molecule has 1 aromatic carbocycles.